The predicted molar refractivity (Wildman–Crippen MR) is 82.3 cm³/mol. The van der Waals surface area contributed by atoms with Gasteiger partial charge in [0.05, 0.1) is 6.61 Å². The third kappa shape index (κ3) is 3.45. The molecule has 0 aromatic heterocycles. The number of hydrogen-bond donors (Lipinski definition) is 1. The van der Waals surface area contributed by atoms with E-state index in [1.54, 1.807) is 0 Å². The first-order valence-corrected chi connectivity index (χ1v) is 10.0. The van der Waals surface area contributed by atoms with Crippen LogP contribution in [0.2, 0.25) is 0 Å². The minimum Gasteiger partial charge on any atom is -0.460 e. The highest BCUT2D eigenvalue weighted by Gasteiger charge is 2.55. The molecule has 0 amide bonds. The molecular weight excluding hydrogens is 358 g/mol. The van der Waals surface area contributed by atoms with Crippen molar-refractivity contribution in [2.45, 2.75) is 56.6 Å². The molecule has 0 radical (unpaired) electrons. The second kappa shape index (κ2) is 6.26. The van der Waals surface area contributed by atoms with Crippen LogP contribution in [-0.2, 0) is 24.4 Å². The van der Waals surface area contributed by atoms with Gasteiger partial charge in [-0.1, -0.05) is 0 Å². The van der Waals surface area contributed by atoms with Crippen LogP contribution in [0.25, 0.3) is 0 Å². The molecule has 4 saturated carbocycles. The summed E-state index contributed by atoms with van der Waals surface area (Å²) in [6.45, 7) is -0.484. The molecule has 4 rings (SSSR count). The Morgan fingerprint density at radius 3 is 2.00 bits per heavy atom. The number of alkyl halides is 2. The van der Waals surface area contributed by atoms with E-state index in [1.165, 1.54) is 19.3 Å². The topological polar surface area (TPSA) is 97.7 Å². The first-order chi connectivity index (χ1) is 11.5. The van der Waals surface area contributed by atoms with Crippen molar-refractivity contribution in [3.05, 3.63) is 0 Å². The van der Waals surface area contributed by atoms with Gasteiger partial charge < -0.3 is 4.74 Å². The maximum atomic E-state index is 13.0. The summed E-state index contributed by atoms with van der Waals surface area (Å²) in [7, 11) is -5.86. The van der Waals surface area contributed by atoms with Crippen LogP contribution in [0.5, 0.6) is 0 Å². The van der Waals surface area contributed by atoms with Gasteiger partial charge in [0.1, 0.15) is 5.78 Å². The van der Waals surface area contributed by atoms with Crippen LogP contribution in [0.1, 0.15) is 51.4 Å². The zero-order valence-corrected chi connectivity index (χ0v) is 14.6. The van der Waals surface area contributed by atoms with Crippen LogP contribution in [-0.4, -0.2) is 36.6 Å². The van der Waals surface area contributed by atoms with Crippen LogP contribution < -0.4 is 0 Å². The van der Waals surface area contributed by atoms with Crippen molar-refractivity contribution in [3.63, 3.8) is 0 Å². The highest BCUT2D eigenvalue weighted by Crippen LogP contribution is 2.60. The molecular formula is C16H22F2O6S. The molecule has 142 valence electrons. The standard InChI is InChI=1S/C16H22F2O6S/c17-16(18,25(21,22)23)14(20)24-3-1-2-13(19)15-7-10-4-11(8-15)6-12(5-10)9-15/h10-12H,1-9H2,(H,21,22,23). The third-order valence-electron chi connectivity index (χ3n) is 5.97. The van der Waals surface area contributed by atoms with Crippen molar-refractivity contribution in [2.24, 2.45) is 23.2 Å². The number of hydrogen-bond acceptors (Lipinski definition) is 5. The summed E-state index contributed by atoms with van der Waals surface area (Å²) in [5.41, 5.74) is -0.295. The van der Waals surface area contributed by atoms with Crippen LogP contribution in [0.3, 0.4) is 0 Å². The van der Waals surface area contributed by atoms with E-state index in [-0.39, 0.29) is 24.0 Å². The number of ketones is 1. The van der Waals surface area contributed by atoms with E-state index < -0.39 is 27.9 Å². The number of carbonyl (C=O) groups is 2. The number of rotatable bonds is 7. The van der Waals surface area contributed by atoms with Gasteiger partial charge in [0.2, 0.25) is 0 Å². The molecule has 9 heteroatoms. The highest BCUT2D eigenvalue weighted by molar-refractivity contribution is 7.87. The summed E-state index contributed by atoms with van der Waals surface area (Å²) < 4.78 is 59.5. The SMILES string of the molecule is O=C(CCCOC(=O)C(F)(F)S(=O)(=O)O)C12CC3CC(CC(C3)C1)C2. The van der Waals surface area contributed by atoms with Crippen molar-refractivity contribution < 1.29 is 36.1 Å². The summed E-state index contributed by atoms with van der Waals surface area (Å²) in [6.07, 6.45) is 6.50. The lowest BCUT2D eigenvalue weighted by Crippen LogP contribution is -2.50. The molecule has 4 bridgehead atoms. The Kier molecular flexibility index (Phi) is 4.68. The third-order valence-corrected chi connectivity index (χ3v) is 6.79. The second-order valence-electron chi connectivity index (χ2n) is 7.85. The minimum atomic E-state index is -5.86. The van der Waals surface area contributed by atoms with Gasteiger partial charge in [-0.25, -0.2) is 4.79 Å². The molecule has 4 fully saturated rings. The van der Waals surface area contributed by atoms with E-state index in [9.17, 15) is 26.8 Å². The summed E-state index contributed by atoms with van der Waals surface area (Å²) in [5.74, 6) is -0.383. The number of carbonyl (C=O) groups excluding carboxylic acids is 2. The monoisotopic (exact) mass is 380 g/mol. The Balaban J connectivity index is 1.48. The summed E-state index contributed by atoms with van der Waals surface area (Å²) in [5, 5.41) is -4.99. The normalized spacial score (nSPS) is 34.1. The van der Waals surface area contributed by atoms with Crippen molar-refractivity contribution in [1.29, 1.82) is 0 Å². The van der Waals surface area contributed by atoms with E-state index >= 15 is 0 Å². The van der Waals surface area contributed by atoms with Gasteiger partial charge in [-0.2, -0.15) is 17.2 Å². The zero-order valence-electron chi connectivity index (χ0n) is 13.7. The van der Waals surface area contributed by atoms with Crippen molar-refractivity contribution in [1.82, 2.24) is 0 Å². The molecule has 4 aliphatic rings. The van der Waals surface area contributed by atoms with Crippen LogP contribution in [0.15, 0.2) is 0 Å². The van der Waals surface area contributed by atoms with Crippen LogP contribution >= 0.6 is 0 Å². The van der Waals surface area contributed by atoms with E-state index in [1.807, 2.05) is 0 Å². The Labute approximate surface area is 145 Å². The maximum absolute atomic E-state index is 13.0. The molecule has 6 nitrogen and oxygen atoms in total. The summed E-state index contributed by atoms with van der Waals surface area (Å²) >= 11 is 0. The van der Waals surface area contributed by atoms with Gasteiger partial charge in [0, 0.05) is 11.8 Å². The van der Waals surface area contributed by atoms with Crippen LogP contribution in [0, 0.1) is 23.2 Å². The van der Waals surface area contributed by atoms with Crippen LogP contribution in [0.4, 0.5) is 8.78 Å². The first kappa shape index (κ1) is 18.7. The number of ether oxygens (including phenoxy) is 1. The molecule has 1 N–H and O–H groups in total. The highest BCUT2D eigenvalue weighted by atomic mass is 32.2. The molecule has 4 aliphatic carbocycles. The Hall–Kier alpha value is -1.09. The molecule has 25 heavy (non-hydrogen) atoms. The van der Waals surface area contributed by atoms with Gasteiger partial charge in [-0.15, -0.1) is 0 Å². The quantitative estimate of drug-likeness (QED) is 0.414. The van der Waals surface area contributed by atoms with Gasteiger partial charge in [-0.3, -0.25) is 9.35 Å². The van der Waals surface area contributed by atoms with Crippen molar-refractivity contribution >= 4 is 21.9 Å². The molecule has 0 saturated heterocycles. The first-order valence-electron chi connectivity index (χ1n) is 8.59. The Morgan fingerprint density at radius 1 is 1.08 bits per heavy atom. The fraction of sp³-hybridized carbons (Fsp3) is 0.875. The number of esters is 1. The lowest BCUT2D eigenvalue weighted by Gasteiger charge is -2.56. The van der Waals surface area contributed by atoms with Gasteiger partial charge in [0.25, 0.3) is 0 Å². The molecule has 0 spiro atoms. The van der Waals surface area contributed by atoms with Gasteiger partial charge in [0.15, 0.2) is 0 Å². The molecule has 0 unspecified atom stereocenters. The van der Waals surface area contributed by atoms with E-state index in [2.05, 4.69) is 4.74 Å². The molecule has 0 aromatic rings. The lowest BCUT2D eigenvalue weighted by molar-refractivity contribution is -0.162. The zero-order chi connectivity index (χ0) is 18.5. The summed E-state index contributed by atoms with van der Waals surface area (Å²) in [6, 6.07) is 0. The predicted octanol–water partition coefficient (Wildman–Crippen LogP) is 2.58. The average molecular weight is 380 g/mol. The van der Waals surface area contributed by atoms with E-state index in [0.29, 0.717) is 17.8 Å². The Morgan fingerprint density at radius 2 is 1.56 bits per heavy atom. The van der Waals surface area contributed by atoms with Crippen molar-refractivity contribution in [3.8, 4) is 0 Å². The summed E-state index contributed by atoms with van der Waals surface area (Å²) in [4.78, 5) is 23.8. The van der Waals surface area contributed by atoms with Gasteiger partial charge >= 0.3 is 21.3 Å². The average Bonchev–Trinajstić information content (AvgIpc) is 2.48. The smallest absolute Gasteiger partial charge is 0.460 e. The molecule has 0 aliphatic heterocycles. The Bertz CT molecular complexity index is 637. The van der Waals surface area contributed by atoms with E-state index in [4.69, 9.17) is 4.55 Å². The minimum absolute atomic E-state index is 0.0634. The largest absolute Gasteiger partial charge is 0.465 e. The fourth-order valence-corrected chi connectivity index (χ4v) is 5.57. The van der Waals surface area contributed by atoms with Gasteiger partial charge in [-0.05, 0) is 62.7 Å². The number of Topliss-reactive ketones (excluding diaryl/α,β-unsaturated/α-hetero) is 1. The van der Waals surface area contributed by atoms with Crippen molar-refractivity contribution in [2.75, 3.05) is 6.61 Å². The maximum Gasteiger partial charge on any atom is 0.465 e. The lowest BCUT2D eigenvalue weighted by atomic mass is 9.48. The second-order valence-corrected chi connectivity index (χ2v) is 9.32. The number of halogens is 2. The van der Waals surface area contributed by atoms with E-state index in [0.717, 1.165) is 19.3 Å². The molecule has 0 aromatic carbocycles. The molecule has 0 heterocycles. The molecule has 0 atom stereocenters. The fourth-order valence-electron chi connectivity index (χ4n) is 5.30.